The van der Waals surface area contributed by atoms with Crippen LogP contribution in [0.2, 0.25) is 0 Å². The second-order valence-electron chi connectivity index (χ2n) is 5.41. The molecule has 24 heavy (non-hydrogen) atoms. The van der Waals surface area contributed by atoms with Gasteiger partial charge in [-0.05, 0) is 36.8 Å². The predicted octanol–water partition coefficient (Wildman–Crippen LogP) is 2.52. The Labute approximate surface area is 139 Å². The Morgan fingerprint density at radius 3 is 2.67 bits per heavy atom. The van der Waals surface area contributed by atoms with E-state index in [1.54, 1.807) is 11.9 Å². The number of carbonyl (C=O) groups is 1. The van der Waals surface area contributed by atoms with Gasteiger partial charge < -0.3 is 15.4 Å². The Kier molecular flexibility index (Phi) is 5.36. The highest BCUT2D eigenvalue weighted by Gasteiger charge is 2.19. The number of anilines is 1. The lowest BCUT2D eigenvalue weighted by Gasteiger charge is -2.19. The van der Waals surface area contributed by atoms with Crippen molar-refractivity contribution in [3.8, 4) is 5.75 Å². The molecule has 126 valence electrons. The van der Waals surface area contributed by atoms with E-state index in [1.165, 1.54) is 18.2 Å². The van der Waals surface area contributed by atoms with Crippen molar-refractivity contribution in [3.63, 3.8) is 0 Å². The molecule has 0 atom stereocenters. The van der Waals surface area contributed by atoms with Gasteiger partial charge in [0, 0.05) is 18.7 Å². The van der Waals surface area contributed by atoms with E-state index in [4.69, 9.17) is 10.5 Å². The van der Waals surface area contributed by atoms with Gasteiger partial charge in [0.05, 0.1) is 11.5 Å². The molecule has 0 fully saturated rings. The number of nitro groups is 1. The van der Waals surface area contributed by atoms with Gasteiger partial charge in [-0.15, -0.1) is 0 Å². The summed E-state index contributed by atoms with van der Waals surface area (Å²) >= 11 is 0. The SMILES string of the molecule is Cc1cccc(OCCN(C)c2ccc(C(N)=O)cc2[N+](=O)[O-])c1. The van der Waals surface area contributed by atoms with Crippen LogP contribution < -0.4 is 15.4 Å². The molecule has 2 rings (SSSR count). The van der Waals surface area contributed by atoms with E-state index in [2.05, 4.69) is 0 Å². The van der Waals surface area contributed by atoms with E-state index in [0.717, 1.165) is 11.3 Å². The van der Waals surface area contributed by atoms with Gasteiger partial charge in [-0.3, -0.25) is 14.9 Å². The molecular weight excluding hydrogens is 310 g/mol. The van der Waals surface area contributed by atoms with Crippen molar-refractivity contribution in [1.82, 2.24) is 0 Å². The first-order valence-corrected chi connectivity index (χ1v) is 7.37. The van der Waals surface area contributed by atoms with E-state index in [9.17, 15) is 14.9 Å². The summed E-state index contributed by atoms with van der Waals surface area (Å²) in [5.41, 5.74) is 6.61. The van der Waals surface area contributed by atoms with Gasteiger partial charge in [-0.2, -0.15) is 0 Å². The number of hydrogen-bond acceptors (Lipinski definition) is 5. The van der Waals surface area contributed by atoms with Crippen LogP contribution in [0.5, 0.6) is 5.75 Å². The van der Waals surface area contributed by atoms with Gasteiger partial charge in [-0.25, -0.2) is 0 Å². The van der Waals surface area contributed by atoms with Crippen LogP contribution in [0.25, 0.3) is 0 Å². The first kappa shape index (κ1) is 17.3. The fourth-order valence-corrected chi connectivity index (χ4v) is 2.27. The summed E-state index contributed by atoms with van der Waals surface area (Å²) in [7, 11) is 1.73. The molecule has 7 heteroatoms. The average Bonchev–Trinajstić information content (AvgIpc) is 2.54. The number of amides is 1. The molecule has 0 heterocycles. The zero-order valence-corrected chi connectivity index (χ0v) is 13.6. The number of nitrogens with zero attached hydrogens (tertiary/aromatic N) is 2. The van der Waals surface area contributed by atoms with Gasteiger partial charge in [-0.1, -0.05) is 12.1 Å². The fourth-order valence-electron chi connectivity index (χ4n) is 2.27. The molecule has 0 saturated carbocycles. The quantitative estimate of drug-likeness (QED) is 0.621. The summed E-state index contributed by atoms with van der Waals surface area (Å²) < 4.78 is 5.66. The number of hydrogen-bond donors (Lipinski definition) is 1. The number of likely N-dealkylation sites (N-methyl/N-ethyl adjacent to an activating group) is 1. The summed E-state index contributed by atoms with van der Waals surface area (Å²) in [4.78, 5) is 23.6. The van der Waals surface area contributed by atoms with E-state index < -0.39 is 10.8 Å². The van der Waals surface area contributed by atoms with Gasteiger partial charge in [0.15, 0.2) is 0 Å². The smallest absolute Gasteiger partial charge is 0.293 e. The fraction of sp³-hybridized carbons (Fsp3) is 0.235. The second kappa shape index (κ2) is 7.45. The van der Waals surface area contributed by atoms with Crippen LogP contribution in [-0.2, 0) is 0 Å². The Hall–Kier alpha value is -3.09. The molecule has 0 unspecified atom stereocenters. The molecule has 0 saturated heterocycles. The predicted molar refractivity (Wildman–Crippen MR) is 91.6 cm³/mol. The van der Waals surface area contributed by atoms with Crippen LogP contribution in [-0.4, -0.2) is 31.0 Å². The van der Waals surface area contributed by atoms with Gasteiger partial charge in [0.1, 0.15) is 18.0 Å². The Morgan fingerprint density at radius 2 is 2.04 bits per heavy atom. The first-order chi connectivity index (χ1) is 11.4. The number of benzene rings is 2. The largest absolute Gasteiger partial charge is 0.492 e. The lowest BCUT2D eigenvalue weighted by atomic mass is 10.1. The molecule has 2 aromatic carbocycles. The van der Waals surface area contributed by atoms with E-state index in [0.29, 0.717) is 18.8 Å². The molecule has 7 nitrogen and oxygen atoms in total. The lowest BCUT2D eigenvalue weighted by Crippen LogP contribution is -2.25. The van der Waals surface area contributed by atoms with E-state index in [-0.39, 0.29) is 11.3 Å². The minimum Gasteiger partial charge on any atom is -0.492 e. The highest BCUT2D eigenvalue weighted by Crippen LogP contribution is 2.28. The normalized spacial score (nSPS) is 10.2. The topological polar surface area (TPSA) is 98.7 Å². The van der Waals surface area contributed by atoms with Crippen molar-refractivity contribution in [1.29, 1.82) is 0 Å². The maximum absolute atomic E-state index is 11.2. The van der Waals surface area contributed by atoms with Gasteiger partial charge in [0.25, 0.3) is 5.69 Å². The second-order valence-corrected chi connectivity index (χ2v) is 5.41. The minimum absolute atomic E-state index is 0.106. The summed E-state index contributed by atoms with van der Waals surface area (Å²) in [6.07, 6.45) is 0. The minimum atomic E-state index is -0.699. The summed E-state index contributed by atoms with van der Waals surface area (Å²) in [6, 6.07) is 11.8. The van der Waals surface area contributed by atoms with Crippen molar-refractivity contribution in [2.24, 2.45) is 5.73 Å². The van der Waals surface area contributed by atoms with Crippen LogP contribution in [0.3, 0.4) is 0 Å². The molecule has 2 N–H and O–H groups in total. The van der Waals surface area contributed by atoms with Crippen LogP contribution in [0.4, 0.5) is 11.4 Å². The lowest BCUT2D eigenvalue weighted by molar-refractivity contribution is -0.384. The van der Waals surface area contributed by atoms with Crippen molar-refractivity contribution < 1.29 is 14.5 Å². The standard InChI is InChI=1S/C17H19N3O4/c1-12-4-3-5-14(10-12)24-9-8-19(2)15-7-6-13(17(18)21)11-16(15)20(22)23/h3-7,10-11H,8-9H2,1-2H3,(H2,18,21). The number of nitrogens with two attached hydrogens (primary N) is 1. The number of primary amides is 1. The average molecular weight is 329 g/mol. The summed E-state index contributed by atoms with van der Waals surface area (Å²) in [6.45, 7) is 2.79. The number of ether oxygens (including phenoxy) is 1. The molecule has 0 aliphatic rings. The van der Waals surface area contributed by atoms with Crippen LogP contribution in [0.15, 0.2) is 42.5 Å². The molecular formula is C17H19N3O4. The highest BCUT2D eigenvalue weighted by molar-refractivity contribution is 5.94. The molecule has 2 aromatic rings. The molecule has 0 bridgehead atoms. The van der Waals surface area contributed by atoms with Gasteiger partial charge >= 0.3 is 0 Å². The number of aryl methyl sites for hydroxylation is 1. The summed E-state index contributed by atoms with van der Waals surface area (Å²) in [5, 5.41) is 11.2. The van der Waals surface area contributed by atoms with E-state index in [1.807, 2.05) is 31.2 Å². The van der Waals surface area contributed by atoms with Crippen molar-refractivity contribution in [2.75, 3.05) is 25.1 Å². The monoisotopic (exact) mass is 329 g/mol. The number of carbonyl (C=O) groups excluding carboxylic acids is 1. The van der Waals surface area contributed by atoms with Crippen molar-refractivity contribution >= 4 is 17.3 Å². The molecule has 0 aliphatic heterocycles. The summed E-state index contributed by atoms with van der Waals surface area (Å²) in [5.74, 6) is 0.0528. The molecule has 0 aromatic heterocycles. The van der Waals surface area contributed by atoms with Crippen LogP contribution in [0, 0.1) is 17.0 Å². The van der Waals surface area contributed by atoms with Gasteiger partial charge in [0.2, 0.25) is 5.91 Å². The Morgan fingerprint density at radius 1 is 1.29 bits per heavy atom. The molecule has 0 spiro atoms. The number of rotatable bonds is 7. The van der Waals surface area contributed by atoms with Crippen molar-refractivity contribution in [3.05, 3.63) is 63.7 Å². The third kappa shape index (κ3) is 4.22. The van der Waals surface area contributed by atoms with Crippen LogP contribution >= 0.6 is 0 Å². The third-order valence-corrected chi connectivity index (χ3v) is 3.55. The highest BCUT2D eigenvalue weighted by atomic mass is 16.6. The Bertz CT molecular complexity index is 761. The van der Waals surface area contributed by atoms with E-state index >= 15 is 0 Å². The Balaban J connectivity index is 2.07. The maximum Gasteiger partial charge on any atom is 0.293 e. The molecule has 1 amide bonds. The number of nitro benzene ring substituents is 1. The first-order valence-electron chi connectivity index (χ1n) is 7.37. The van der Waals surface area contributed by atoms with Crippen LogP contribution in [0.1, 0.15) is 15.9 Å². The zero-order chi connectivity index (χ0) is 17.7. The third-order valence-electron chi connectivity index (χ3n) is 3.55. The molecule has 0 radical (unpaired) electrons. The maximum atomic E-state index is 11.2. The van der Waals surface area contributed by atoms with Crippen molar-refractivity contribution in [2.45, 2.75) is 6.92 Å². The molecule has 0 aliphatic carbocycles. The zero-order valence-electron chi connectivity index (χ0n) is 13.6.